The standard InChI is InChI=1S/C19H23N3O3S/c1-15(2)21(14-16-5-3-10-20-13-16)19(23)17-6-8-18(9-7-17)22-11-4-12-26(22,24)25/h3,5-10,13,15H,4,11-12,14H2,1-2H3. The van der Waals surface area contributed by atoms with Gasteiger partial charge in [-0.25, -0.2) is 8.42 Å². The summed E-state index contributed by atoms with van der Waals surface area (Å²) >= 11 is 0. The number of hydrogen-bond acceptors (Lipinski definition) is 4. The van der Waals surface area contributed by atoms with Gasteiger partial charge in [-0.2, -0.15) is 0 Å². The van der Waals surface area contributed by atoms with Crippen LogP contribution in [0.2, 0.25) is 0 Å². The van der Waals surface area contributed by atoms with Crippen LogP contribution in [0.15, 0.2) is 48.8 Å². The fourth-order valence-corrected chi connectivity index (χ4v) is 4.61. The van der Waals surface area contributed by atoms with Gasteiger partial charge in [0.1, 0.15) is 0 Å². The highest BCUT2D eigenvalue weighted by atomic mass is 32.2. The van der Waals surface area contributed by atoms with Gasteiger partial charge in [0.25, 0.3) is 5.91 Å². The summed E-state index contributed by atoms with van der Waals surface area (Å²) in [6, 6.07) is 10.6. The number of amides is 1. The first-order valence-electron chi connectivity index (χ1n) is 8.69. The van der Waals surface area contributed by atoms with Crippen LogP contribution in [0.4, 0.5) is 5.69 Å². The van der Waals surface area contributed by atoms with Crippen LogP contribution in [0.5, 0.6) is 0 Å². The van der Waals surface area contributed by atoms with Crippen molar-refractivity contribution in [2.24, 2.45) is 0 Å². The van der Waals surface area contributed by atoms with Gasteiger partial charge in [-0.3, -0.25) is 14.1 Å². The van der Waals surface area contributed by atoms with E-state index in [1.54, 1.807) is 41.6 Å². The first kappa shape index (κ1) is 18.4. The van der Waals surface area contributed by atoms with Crippen LogP contribution >= 0.6 is 0 Å². The number of benzene rings is 1. The van der Waals surface area contributed by atoms with Gasteiger partial charge >= 0.3 is 0 Å². The molecule has 0 unspecified atom stereocenters. The number of sulfonamides is 1. The molecule has 0 radical (unpaired) electrons. The average molecular weight is 373 g/mol. The molecule has 6 nitrogen and oxygen atoms in total. The molecule has 1 aromatic heterocycles. The quantitative estimate of drug-likeness (QED) is 0.808. The summed E-state index contributed by atoms with van der Waals surface area (Å²) in [7, 11) is -3.21. The van der Waals surface area contributed by atoms with Gasteiger partial charge in [-0.15, -0.1) is 0 Å². The zero-order valence-corrected chi connectivity index (χ0v) is 15.8. The van der Waals surface area contributed by atoms with E-state index in [1.807, 2.05) is 26.0 Å². The van der Waals surface area contributed by atoms with Crippen molar-refractivity contribution in [3.8, 4) is 0 Å². The lowest BCUT2D eigenvalue weighted by molar-refractivity contribution is 0.0690. The van der Waals surface area contributed by atoms with E-state index >= 15 is 0 Å². The smallest absolute Gasteiger partial charge is 0.254 e. The van der Waals surface area contributed by atoms with E-state index < -0.39 is 10.0 Å². The highest BCUT2D eigenvalue weighted by molar-refractivity contribution is 7.93. The molecule has 0 spiro atoms. The summed E-state index contributed by atoms with van der Waals surface area (Å²) in [5.74, 6) is 0.0968. The van der Waals surface area contributed by atoms with Crippen LogP contribution in [-0.2, 0) is 16.6 Å². The second-order valence-electron chi connectivity index (χ2n) is 6.68. The molecular weight excluding hydrogens is 350 g/mol. The van der Waals surface area contributed by atoms with E-state index in [2.05, 4.69) is 4.98 Å². The number of rotatable bonds is 5. The van der Waals surface area contributed by atoms with Gasteiger partial charge in [0.2, 0.25) is 10.0 Å². The van der Waals surface area contributed by atoms with Crippen molar-refractivity contribution in [3.05, 3.63) is 59.9 Å². The lowest BCUT2D eigenvalue weighted by Gasteiger charge is -2.27. The lowest BCUT2D eigenvalue weighted by Crippen LogP contribution is -2.36. The number of hydrogen-bond donors (Lipinski definition) is 0. The molecular formula is C19H23N3O3S. The molecule has 1 aliphatic rings. The second-order valence-corrected chi connectivity index (χ2v) is 8.69. The van der Waals surface area contributed by atoms with Crippen molar-refractivity contribution in [2.75, 3.05) is 16.6 Å². The maximum absolute atomic E-state index is 12.9. The molecule has 1 fully saturated rings. The Morgan fingerprint density at radius 3 is 2.50 bits per heavy atom. The molecule has 0 atom stereocenters. The Morgan fingerprint density at radius 2 is 1.96 bits per heavy atom. The molecule has 1 saturated heterocycles. The molecule has 0 bridgehead atoms. The minimum atomic E-state index is -3.21. The van der Waals surface area contributed by atoms with Crippen LogP contribution in [-0.4, -0.2) is 42.5 Å². The van der Waals surface area contributed by atoms with Crippen LogP contribution in [0.3, 0.4) is 0 Å². The largest absolute Gasteiger partial charge is 0.332 e. The first-order chi connectivity index (χ1) is 12.4. The molecule has 1 aliphatic heterocycles. The molecule has 1 amide bonds. The lowest BCUT2D eigenvalue weighted by atomic mass is 10.1. The highest BCUT2D eigenvalue weighted by Crippen LogP contribution is 2.25. The Morgan fingerprint density at radius 1 is 1.23 bits per heavy atom. The molecule has 0 N–H and O–H groups in total. The summed E-state index contributed by atoms with van der Waals surface area (Å²) in [6.07, 6.45) is 4.09. The predicted octanol–water partition coefficient (Wildman–Crippen LogP) is 2.67. The van der Waals surface area contributed by atoms with E-state index in [1.165, 1.54) is 4.31 Å². The van der Waals surface area contributed by atoms with E-state index in [0.29, 0.717) is 30.8 Å². The monoisotopic (exact) mass is 373 g/mol. The molecule has 2 heterocycles. The van der Waals surface area contributed by atoms with Gasteiger partial charge in [-0.1, -0.05) is 6.07 Å². The van der Waals surface area contributed by atoms with Crippen molar-refractivity contribution in [2.45, 2.75) is 32.9 Å². The molecule has 0 saturated carbocycles. The molecule has 3 rings (SSSR count). The van der Waals surface area contributed by atoms with Gasteiger partial charge < -0.3 is 4.90 Å². The molecule has 7 heteroatoms. The van der Waals surface area contributed by atoms with Crippen LogP contribution in [0.1, 0.15) is 36.2 Å². The fraction of sp³-hybridized carbons (Fsp3) is 0.368. The Labute approximate surface area is 154 Å². The summed E-state index contributed by atoms with van der Waals surface area (Å²) in [5.41, 5.74) is 2.12. The SMILES string of the molecule is CC(C)N(Cc1cccnc1)C(=O)c1ccc(N2CCCS2(=O)=O)cc1. The van der Waals surface area contributed by atoms with Crippen molar-refractivity contribution in [3.63, 3.8) is 0 Å². The van der Waals surface area contributed by atoms with E-state index in [4.69, 9.17) is 0 Å². The molecule has 138 valence electrons. The van der Waals surface area contributed by atoms with Crippen molar-refractivity contribution in [1.82, 2.24) is 9.88 Å². The van der Waals surface area contributed by atoms with Gasteiger partial charge in [0, 0.05) is 37.1 Å². The maximum Gasteiger partial charge on any atom is 0.254 e. The summed E-state index contributed by atoms with van der Waals surface area (Å²) in [6.45, 7) is 4.92. The second kappa shape index (κ2) is 7.45. The molecule has 1 aromatic carbocycles. The van der Waals surface area contributed by atoms with Gasteiger partial charge in [-0.05, 0) is 56.2 Å². The topological polar surface area (TPSA) is 70.6 Å². The normalized spacial score (nSPS) is 16.0. The number of anilines is 1. The third kappa shape index (κ3) is 3.88. The van der Waals surface area contributed by atoms with Crippen LogP contribution < -0.4 is 4.31 Å². The number of nitrogens with zero attached hydrogens (tertiary/aromatic N) is 3. The van der Waals surface area contributed by atoms with Gasteiger partial charge in [0.15, 0.2) is 0 Å². The molecule has 0 aliphatic carbocycles. The summed E-state index contributed by atoms with van der Waals surface area (Å²) < 4.78 is 25.5. The summed E-state index contributed by atoms with van der Waals surface area (Å²) in [4.78, 5) is 18.8. The van der Waals surface area contributed by atoms with Crippen LogP contribution in [0, 0.1) is 0 Å². The Kier molecular flexibility index (Phi) is 5.27. The number of pyridine rings is 1. The maximum atomic E-state index is 12.9. The van der Waals surface area contributed by atoms with Gasteiger partial charge in [0.05, 0.1) is 11.4 Å². The van der Waals surface area contributed by atoms with E-state index in [0.717, 1.165) is 5.56 Å². The predicted molar refractivity (Wildman–Crippen MR) is 101 cm³/mol. The molecule has 2 aromatic rings. The minimum absolute atomic E-state index is 0.0290. The Bertz CT molecular complexity index is 865. The third-order valence-corrected chi connectivity index (χ3v) is 6.33. The number of aromatic nitrogens is 1. The first-order valence-corrected chi connectivity index (χ1v) is 10.3. The minimum Gasteiger partial charge on any atom is -0.332 e. The Hall–Kier alpha value is -2.41. The van der Waals surface area contributed by atoms with Crippen molar-refractivity contribution in [1.29, 1.82) is 0 Å². The number of carbonyl (C=O) groups excluding carboxylic acids is 1. The van der Waals surface area contributed by atoms with Crippen LogP contribution in [0.25, 0.3) is 0 Å². The van der Waals surface area contributed by atoms with E-state index in [9.17, 15) is 13.2 Å². The summed E-state index contributed by atoms with van der Waals surface area (Å²) in [5, 5.41) is 0. The number of carbonyl (C=O) groups is 1. The third-order valence-electron chi connectivity index (χ3n) is 4.46. The van der Waals surface area contributed by atoms with E-state index in [-0.39, 0.29) is 17.7 Å². The Balaban J connectivity index is 1.79. The molecule has 26 heavy (non-hydrogen) atoms. The average Bonchev–Trinajstić information content (AvgIpc) is 2.99. The zero-order valence-electron chi connectivity index (χ0n) is 15.0. The van der Waals surface area contributed by atoms with Crippen molar-refractivity contribution >= 4 is 21.6 Å². The highest BCUT2D eigenvalue weighted by Gasteiger charge is 2.28. The fourth-order valence-electron chi connectivity index (χ4n) is 3.04. The van der Waals surface area contributed by atoms with Crippen molar-refractivity contribution < 1.29 is 13.2 Å². The zero-order chi connectivity index (χ0) is 18.7.